The van der Waals surface area contributed by atoms with Gasteiger partial charge in [-0.15, -0.1) is 0 Å². The average molecular weight is 152 g/mol. The van der Waals surface area contributed by atoms with E-state index in [0.29, 0.717) is 0 Å². The molecule has 0 aromatic rings. The van der Waals surface area contributed by atoms with E-state index in [1.807, 2.05) is 0 Å². The number of hydrogen-bond acceptors (Lipinski definition) is 2. The van der Waals surface area contributed by atoms with Gasteiger partial charge in [0.2, 0.25) is 0 Å². The molecule has 0 N–H and O–H groups in total. The molecule has 0 bridgehead atoms. The first-order valence-electron chi connectivity index (χ1n) is 4.27. The summed E-state index contributed by atoms with van der Waals surface area (Å²) < 4.78 is 5.11. The number of esters is 1. The van der Waals surface area contributed by atoms with Crippen LogP contribution in [0.2, 0.25) is 0 Å². The molecule has 1 heterocycles. The zero-order valence-corrected chi connectivity index (χ0v) is 6.51. The fourth-order valence-electron chi connectivity index (χ4n) is 1.81. The van der Waals surface area contributed by atoms with E-state index >= 15 is 0 Å². The van der Waals surface area contributed by atoms with Gasteiger partial charge in [0, 0.05) is 6.08 Å². The zero-order chi connectivity index (χ0) is 7.68. The minimum absolute atomic E-state index is 0.132. The van der Waals surface area contributed by atoms with Gasteiger partial charge in [-0.2, -0.15) is 0 Å². The molecular formula is C9H12O2. The minimum atomic E-state index is -0.132. The number of rotatable bonds is 0. The van der Waals surface area contributed by atoms with Gasteiger partial charge >= 0.3 is 5.97 Å². The molecule has 2 nitrogen and oxygen atoms in total. The molecule has 1 saturated carbocycles. The lowest BCUT2D eigenvalue weighted by Gasteiger charge is -2.08. The van der Waals surface area contributed by atoms with Gasteiger partial charge in [0.25, 0.3) is 0 Å². The van der Waals surface area contributed by atoms with Gasteiger partial charge in [0.1, 0.15) is 6.10 Å². The highest BCUT2D eigenvalue weighted by atomic mass is 16.5. The van der Waals surface area contributed by atoms with Crippen molar-refractivity contribution in [1.82, 2.24) is 0 Å². The lowest BCUT2D eigenvalue weighted by Crippen LogP contribution is -2.09. The molecule has 2 rings (SSSR count). The van der Waals surface area contributed by atoms with Gasteiger partial charge < -0.3 is 4.74 Å². The molecule has 1 aliphatic heterocycles. The molecule has 0 saturated heterocycles. The van der Waals surface area contributed by atoms with E-state index in [4.69, 9.17) is 4.74 Å². The Morgan fingerprint density at radius 1 is 1.36 bits per heavy atom. The maximum Gasteiger partial charge on any atom is 0.331 e. The van der Waals surface area contributed by atoms with Crippen LogP contribution in [0.3, 0.4) is 0 Å². The summed E-state index contributed by atoms with van der Waals surface area (Å²) in [7, 11) is 0. The Bertz CT molecular complexity index is 206. The van der Waals surface area contributed by atoms with Crippen molar-refractivity contribution in [3.63, 3.8) is 0 Å². The van der Waals surface area contributed by atoms with Crippen LogP contribution < -0.4 is 0 Å². The molecule has 0 amide bonds. The summed E-state index contributed by atoms with van der Waals surface area (Å²) in [6.45, 7) is 0. The number of carbonyl (C=O) groups excluding carboxylic acids is 1. The van der Waals surface area contributed by atoms with Crippen molar-refractivity contribution in [1.29, 1.82) is 0 Å². The summed E-state index contributed by atoms with van der Waals surface area (Å²) in [5.41, 5.74) is 1.23. The van der Waals surface area contributed by atoms with Gasteiger partial charge in [-0.25, -0.2) is 4.79 Å². The van der Waals surface area contributed by atoms with Gasteiger partial charge in [0.15, 0.2) is 0 Å². The van der Waals surface area contributed by atoms with Crippen LogP contribution in [-0.4, -0.2) is 12.1 Å². The molecule has 2 heteroatoms. The zero-order valence-electron chi connectivity index (χ0n) is 6.51. The van der Waals surface area contributed by atoms with Crippen LogP contribution >= 0.6 is 0 Å². The maximum absolute atomic E-state index is 10.8. The van der Waals surface area contributed by atoms with Crippen molar-refractivity contribution in [2.45, 2.75) is 38.2 Å². The maximum atomic E-state index is 10.8. The second kappa shape index (κ2) is 2.68. The predicted molar refractivity (Wildman–Crippen MR) is 41.0 cm³/mol. The molecule has 2 aliphatic rings. The van der Waals surface area contributed by atoms with Crippen molar-refractivity contribution in [3.8, 4) is 0 Å². The van der Waals surface area contributed by atoms with Crippen LogP contribution in [0.15, 0.2) is 11.6 Å². The standard InChI is InChI=1S/C9H12O2/c10-9-6-7-4-2-1-3-5-8(7)11-9/h6,8H,1-5H2. The molecule has 0 aromatic carbocycles. The van der Waals surface area contributed by atoms with E-state index in [2.05, 4.69) is 0 Å². The number of hydrogen-bond donors (Lipinski definition) is 0. The fraction of sp³-hybridized carbons (Fsp3) is 0.667. The van der Waals surface area contributed by atoms with Crippen molar-refractivity contribution in [2.75, 3.05) is 0 Å². The number of ether oxygens (including phenoxy) is 1. The summed E-state index contributed by atoms with van der Waals surface area (Å²) in [5.74, 6) is -0.132. The van der Waals surface area contributed by atoms with Crippen LogP contribution in [0, 0.1) is 0 Å². The van der Waals surface area contributed by atoms with E-state index in [1.165, 1.54) is 24.8 Å². The molecule has 1 fully saturated rings. The van der Waals surface area contributed by atoms with Crippen molar-refractivity contribution in [3.05, 3.63) is 11.6 Å². The molecule has 0 radical (unpaired) electrons. The van der Waals surface area contributed by atoms with E-state index in [-0.39, 0.29) is 12.1 Å². The van der Waals surface area contributed by atoms with E-state index in [9.17, 15) is 4.79 Å². The third-order valence-electron chi connectivity index (χ3n) is 2.41. The average Bonchev–Trinajstić information content (AvgIpc) is 2.17. The first-order valence-corrected chi connectivity index (χ1v) is 4.27. The SMILES string of the molecule is O=C1C=C2CCCCCC2O1. The summed E-state index contributed by atoms with van der Waals surface area (Å²) >= 11 is 0. The first-order chi connectivity index (χ1) is 5.36. The topological polar surface area (TPSA) is 26.3 Å². The number of fused-ring (bicyclic) bond motifs is 1. The smallest absolute Gasteiger partial charge is 0.331 e. The monoisotopic (exact) mass is 152 g/mol. The van der Waals surface area contributed by atoms with Gasteiger partial charge in [-0.1, -0.05) is 6.42 Å². The second-order valence-electron chi connectivity index (χ2n) is 3.24. The predicted octanol–water partition coefficient (Wildman–Crippen LogP) is 1.80. The number of carbonyl (C=O) groups is 1. The van der Waals surface area contributed by atoms with Gasteiger partial charge in [0.05, 0.1) is 0 Å². The highest BCUT2D eigenvalue weighted by Gasteiger charge is 2.26. The highest BCUT2D eigenvalue weighted by molar-refractivity contribution is 5.85. The van der Waals surface area contributed by atoms with E-state index < -0.39 is 0 Å². The molecule has 1 unspecified atom stereocenters. The summed E-state index contributed by atoms with van der Waals surface area (Å²) in [5, 5.41) is 0. The van der Waals surface area contributed by atoms with Crippen molar-refractivity contribution < 1.29 is 9.53 Å². The Balaban J connectivity index is 2.14. The third kappa shape index (κ3) is 1.30. The van der Waals surface area contributed by atoms with Gasteiger partial charge in [-0.3, -0.25) is 0 Å². The fourth-order valence-corrected chi connectivity index (χ4v) is 1.81. The quantitative estimate of drug-likeness (QED) is 0.495. The molecule has 0 spiro atoms. The largest absolute Gasteiger partial charge is 0.455 e. The molecule has 0 aromatic heterocycles. The summed E-state index contributed by atoms with van der Waals surface area (Å²) in [6.07, 6.45) is 7.63. The normalized spacial score (nSPS) is 30.4. The van der Waals surface area contributed by atoms with Crippen LogP contribution in [-0.2, 0) is 9.53 Å². The van der Waals surface area contributed by atoms with Crippen LogP contribution in [0.5, 0.6) is 0 Å². The Morgan fingerprint density at radius 2 is 2.27 bits per heavy atom. The Morgan fingerprint density at radius 3 is 3.18 bits per heavy atom. The Labute approximate surface area is 66.2 Å². The minimum Gasteiger partial charge on any atom is -0.455 e. The summed E-state index contributed by atoms with van der Waals surface area (Å²) in [6, 6.07) is 0. The van der Waals surface area contributed by atoms with Gasteiger partial charge in [-0.05, 0) is 31.3 Å². The first kappa shape index (κ1) is 6.89. The lowest BCUT2D eigenvalue weighted by atomic mass is 10.1. The van der Waals surface area contributed by atoms with Crippen LogP contribution in [0.1, 0.15) is 32.1 Å². The van der Waals surface area contributed by atoms with E-state index in [1.54, 1.807) is 6.08 Å². The third-order valence-corrected chi connectivity index (χ3v) is 2.41. The van der Waals surface area contributed by atoms with Crippen molar-refractivity contribution >= 4 is 5.97 Å². The molecule has 11 heavy (non-hydrogen) atoms. The Kier molecular flexibility index (Phi) is 1.68. The van der Waals surface area contributed by atoms with Crippen LogP contribution in [0.25, 0.3) is 0 Å². The highest BCUT2D eigenvalue weighted by Crippen LogP contribution is 2.28. The van der Waals surface area contributed by atoms with Crippen LogP contribution in [0.4, 0.5) is 0 Å². The molecule has 1 atom stereocenters. The Hall–Kier alpha value is -0.790. The lowest BCUT2D eigenvalue weighted by molar-refractivity contribution is -0.138. The second-order valence-corrected chi connectivity index (χ2v) is 3.24. The molecule has 1 aliphatic carbocycles. The van der Waals surface area contributed by atoms with E-state index in [0.717, 1.165) is 12.8 Å². The summed E-state index contributed by atoms with van der Waals surface area (Å²) in [4.78, 5) is 10.8. The molecule has 60 valence electrons. The molecular weight excluding hydrogens is 140 g/mol. The van der Waals surface area contributed by atoms with Crippen molar-refractivity contribution in [2.24, 2.45) is 0 Å².